The number of nitrogens with zero attached hydrogens (tertiary/aromatic N) is 1. The van der Waals surface area contributed by atoms with Gasteiger partial charge in [0.2, 0.25) is 18.6 Å². The third-order valence-electron chi connectivity index (χ3n) is 4.28. The van der Waals surface area contributed by atoms with E-state index in [2.05, 4.69) is 5.32 Å². The molecule has 124 valence electrons. The number of rotatable bonds is 4. The smallest absolute Gasteiger partial charge is 0.240 e. The minimum absolute atomic E-state index is 0.0772. The maximum absolute atomic E-state index is 12.2. The standard InChI is InChI=1S/C17H22N2O4/c1-12(13-6-7-14-15(9-13)23-11-22-14)18-16(20)10-19-8-4-2-3-5-17(19)21/h6-7,9,12H,2-5,8,10-11H2,1H3,(H,18,20). The summed E-state index contributed by atoms with van der Waals surface area (Å²) in [4.78, 5) is 25.8. The molecule has 2 heterocycles. The van der Waals surface area contributed by atoms with Gasteiger partial charge in [-0.3, -0.25) is 9.59 Å². The summed E-state index contributed by atoms with van der Waals surface area (Å²) in [7, 11) is 0. The Bertz CT molecular complexity index is 602. The van der Waals surface area contributed by atoms with Crippen LogP contribution >= 0.6 is 0 Å². The zero-order chi connectivity index (χ0) is 16.2. The van der Waals surface area contributed by atoms with Gasteiger partial charge in [-0.05, 0) is 37.5 Å². The average molecular weight is 318 g/mol. The molecule has 1 aromatic carbocycles. The molecule has 3 rings (SSSR count). The van der Waals surface area contributed by atoms with Gasteiger partial charge in [0, 0.05) is 13.0 Å². The fourth-order valence-electron chi connectivity index (χ4n) is 2.93. The van der Waals surface area contributed by atoms with Crippen LogP contribution < -0.4 is 14.8 Å². The van der Waals surface area contributed by atoms with Crippen molar-refractivity contribution in [2.24, 2.45) is 0 Å². The highest BCUT2D eigenvalue weighted by molar-refractivity contribution is 5.85. The fraction of sp³-hybridized carbons (Fsp3) is 0.529. The predicted molar refractivity (Wildman–Crippen MR) is 84.2 cm³/mol. The van der Waals surface area contributed by atoms with Gasteiger partial charge < -0.3 is 19.7 Å². The van der Waals surface area contributed by atoms with E-state index in [1.54, 1.807) is 4.90 Å². The second-order valence-corrected chi connectivity index (χ2v) is 6.03. The lowest BCUT2D eigenvalue weighted by Crippen LogP contribution is -2.41. The van der Waals surface area contributed by atoms with E-state index in [0.717, 1.165) is 30.6 Å². The molecule has 6 heteroatoms. The summed E-state index contributed by atoms with van der Waals surface area (Å²) >= 11 is 0. The van der Waals surface area contributed by atoms with E-state index >= 15 is 0 Å². The number of carbonyl (C=O) groups is 2. The molecule has 1 N–H and O–H groups in total. The normalized spacial score (nSPS) is 18.5. The van der Waals surface area contributed by atoms with Crippen LogP contribution in [0.3, 0.4) is 0 Å². The number of ether oxygens (including phenoxy) is 2. The van der Waals surface area contributed by atoms with Crippen molar-refractivity contribution in [3.8, 4) is 11.5 Å². The summed E-state index contributed by atoms with van der Waals surface area (Å²) in [6.07, 6.45) is 3.49. The highest BCUT2D eigenvalue weighted by Gasteiger charge is 2.21. The topological polar surface area (TPSA) is 67.9 Å². The van der Waals surface area contributed by atoms with Crippen molar-refractivity contribution in [2.45, 2.75) is 38.6 Å². The molecule has 6 nitrogen and oxygen atoms in total. The molecule has 2 aliphatic heterocycles. The van der Waals surface area contributed by atoms with Gasteiger partial charge in [0.15, 0.2) is 11.5 Å². The van der Waals surface area contributed by atoms with Crippen LogP contribution in [-0.4, -0.2) is 36.6 Å². The summed E-state index contributed by atoms with van der Waals surface area (Å²) < 4.78 is 10.6. The maximum atomic E-state index is 12.2. The first-order chi connectivity index (χ1) is 11.1. The molecule has 23 heavy (non-hydrogen) atoms. The number of likely N-dealkylation sites (tertiary alicyclic amines) is 1. The maximum Gasteiger partial charge on any atom is 0.240 e. The van der Waals surface area contributed by atoms with E-state index in [0.29, 0.717) is 18.7 Å². The van der Waals surface area contributed by atoms with Crippen molar-refractivity contribution < 1.29 is 19.1 Å². The number of fused-ring (bicyclic) bond motifs is 1. The number of hydrogen-bond acceptors (Lipinski definition) is 4. The monoisotopic (exact) mass is 318 g/mol. The zero-order valence-electron chi connectivity index (χ0n) is 13.3. The van der Waals surface area contributed by atoms with Crippen molar-refractivity contribution in [3.63, 3.8) is 0 Å². The van der Waals surface area contributed by atoms with Crippen LogP contribution in [0.2, 0.25) is 0 Å². The van der Waals surface area contributed by atoms with Crippen molar-refractivity contribution in [1.29, 1.82) is 0 Å². The summed E-state index contributed by atoms with van der Waals surface area (Å²) in [5.41, 5.74) is 0.949. The fourth-order valence-corrected chi connectivity index (χ4v) is 2.93. The Balaban J connectivity index is 1.57. The van der Waals surface area contributed by atoms with E-state index in [1.807, 2.05) is 25.1 Å². The van der Waals surface area contributed by atoms with Crippen molar-refractivity contribution in [2.75, 3.05) is 19.9 Å². The zero-order valence-corrected chi connectivity index (χ0v) is 13.3. The molecule has 0 saturated carbocycles. The Hall–Kier alpha value is -2.24. The van der Waals surface area contributed by atoms with Crippen LogP contribution in [0.15, 0.2) is 18.2 Å². The lowest BCUT2D eigenvalue weighted by Gasteiger charge is -2.22. The Morgan fingerprint density at radius 2 is 2.09 bits per heavy atom. The molecule has 2 aliphatic rings. The highest BCUT2D eigenvalue weighted by Crippen LogP contribution is 2.34. The van der Waals surface area contributed by atoms with E-state index in [4.69, 9.17) is 9.47 Å². The minimum Gasteiger partial charge on any atom is -0.454 e. The SMILES string of the molecule is CC(NC(=O)CN1CCCCCC1=O)c1ccc2c(c1)OCO2. The van der Waals surface area contributed by atoms with Gasteiger partial charge in [0.1, 0.15) is 0 Å². The minimum atomic E-state index is -0.154. The predicted octanol–water partition coefficient (Wildman–Crippen LogP) is 2.00. The summed E-state index contributed by atoms with van der Waals surface area (Å²) in [5, 5.41) is 2.95. The van der Waals surface area contributed by atoms with E-state index in [1.165, 1.54) is 0 Å². The molecule has 0 spiro atoms. The number of nitrogens with one attached hydrogen (secondary N) is 1. The van der Waals surface area contributed by atoms with Gasteiger partial charge in [-0.1, -0.05) is 12.5 Å². The number of hydrogen-bond donors (Lipinski definition) is 1. The molecule has 0 aromatic heterocycles. The average Bonchev–Trinajstić information content (AvgIpc) is 2.91. The van der Waals surface area contributed by atoms with Crippen LogP contribution in [0.5, 0.6) is 11.5 Å². The summed E-state index contributed by atoms with van der Waals surface area (Å²) in [6.45, 7) is 2.95. The van der Waals surface area contributed by atoms with Gasteiger partial charge in [-0.2, -0.15) is 0 Å². The van der Waals surface area contributed by atoms with E-state index < -0.39 is 0 Å². The van der Waals surface area contributed by atoms with Crippen LogP contribution in [0.4, 0.5) is 0 Å². The lowest BCUT2D eigenvalue weighted by atomic mass is 10.1. The highest BCUT2D eigenvalue weighted by atomic mass is 16.7. The third-order valence-corrected chi connectivity index (χ3v) is 4.28. The van der Waals surface area contributed by atoms with E-state index in [-0.39, 0.29) is 31.2 Å². The number of benzene rings is 1. The molecule has 1 aromatic rings. The third kappa shape index (κ3) is 3.75. The van der Waals surface area contributed by atoms with Gasteiger partial charge in [-0.25, -0.2) is 0 Å². The van der Waals surface area contributed by atoms with Crippen LogP contribution in [0.25, 0.3) is 0 Å². The summed E-state index contributed by atoms with van der Waals surface area (Å²) in [6, 6.07) is 5.48. The molecule has 0 bridgehead atoms. The molecule has 2 amide bonds. The van der Waals surface area contributed by atoms with Crippen LogP contribution in [0, 0.1) is 0 Å². The first-order valence-electron chi connectivity index (χ1n) is 8.10. The second-order valence-electron chi connectivity index (χ2n) is 6.03. The molecule has 1 unspecified atom stereocenters. The molecule has 0 aliphatic carbocycles. The Morgan fingerprint density at radius 3 is 2.96 bits per heavy atom. The van der Waals surface area contributed by atoms with Crippen LogP contribution in [-0.2, 0) is 9.59 Å². The van der Waals surface area contributed by atoms with Gasteiger partial charge in [-0.15, -0.1) is 0 Å². The number of amides is 2. The van der Waals surface area contributed by atoms with Crippen molar-refractivity contribution in [3.05, 3.63) is 23.8 Å². The number of carbonyl (C=O) groups excluding carboxylic acids is 2. The quantitative estimate of drug-likeness (QED) is 0.922. The molecular weight excluding hydrogens is 296 g/mol. The molecule has 0 radical (unpaired) electrons. The largest absolute Gasteiger partial charge is 0.454 e. The molecule has 1 atom stereocenters. The summed E-state index contributed by atoms with van der Waals surface area (Å²) in [5.74, 6) is 1.37. The Labute approximate surface area is 135 Å². The lowest BCUT2D eigenvalue weighted by molar-refractivity contribution is -0.135. The van der Waals surface area contributed by atoms with Crippen molar-refractivity contribution in [1.82, 2.24) is 10.2 Å². The first kappa shape index (κ1) is 15.6. The van der Waals surface area contributed by atoms with Gasteiger partial charge in [0.05, 0.1) is 12.6 Å². The van der Waals surface area contributed by atoms with Gasteiger partial charge in [0.25, 0.3) is 0 Å². The second kappa shape index (κ2) is 6.89. The molecule has 1 saturated heterocycles. The first-order valence-corrected chi connectivity index (χ1v) is 8.10. The van der Waals surface area contributed by atoms with Crippen LogP contribution in [0.1, 0.15) is 44.2 Å². The molecular formula is C17H22N2O4. The Morgan fingerprint density at radius 1 is 1.26 bits per heavy atom. The van der Waals surface area contributed by atoms with Gasteiger partial charge >= 0.3 is 0 Å². The van der Waals surface area contributed by atoms with E-state index in [9.17, 15) is 9.59 Å². The molecule has 1 fully saturated rings. The Kier molecular flexibility index (Phi) is 4.69. The van der Waals surface area contributed by atoms with Crippen molar-refractivity contribution >= 4 is 11.8 Å².